The van der Waals surface area contributed by atoms with E-state index in [1.807, 2.05) is 32.9 Å². The van der Waals surface area contributed by atoms with Crippen molar-refractivity contribution in [2.45, 2.75) is 20.8 Å². The van der Waals surface area contributed by atoms with E-state index in [0.717, 1.165) is 22.4 Å². The first-order valence-electron chi connectivity index (χ1n) is 8.14. The van der Waals surface area contributed by atoms with E-state index in [4.69, 9.17) is 4.74 Å². The highest BCUT2D eigenvalue weighted by atomic mass is 16.5. The van der Waals surface area contributed by atoms with Crippen LogP contribution in [-0.4, -0.2) is 36.5 Å². The predicted octanol–water partition coefficient (Wildman–Crippen LogP) is 1.93. The lowest BCUT2D eigenvalue weighted by Gasteiger charge is -2.14. The summed E-state index contributed by atoms with van der Waals surface area (Å²) in [6, 6.07) is 9.13. The first-order chi connectivity index (χ1) is 12.0. The molecular weight excluding hydrogens is 318 g/mol. The van der Waals surface area contributed by atoms with Gasteiger partial charge in [-0.15, -0.1) is 0 Å². The number of aryl methyl sites for hydroxylation is 2. The van der Waals surface area contributed by atoms with Gasteiger partial charge in [-0.2, -0.15) is 0 Å². The maximum atomic E-state index is 11.9. The lowest BCUT2D eigenvalue weighted by molar-refractivity contribution is -0.123. The quantitative estimate of drug-likeness (QED) is 0.754. The fraction of sp³-hybridized carbons (Fsp3) is 0.316. The molecule has 0 aliphatic carbocycles. The first-order valence-corrected chi connectivity index (χ1v) is 8.14. The van der Waals surface area contributed by atoms with E-state index in [1.54, 1.807) is 24.4 Å². The van der Waals surface area contributed by atoms with Crippen LogP contribution < -0.4 is 15.4 Å². The van der Waals surface area contributed by atoms with Crippen LogP contribution in [0.1, 0.15) is 27.2 Å². The molecule has 2 amide bonds. The summed E-state index contributed by atoms with van der Waals surface area (Å²) in [5, 5.41) is 5.41. The molecule has 25 heavy (non-hydrogen) atoms. The topological polar surface area (TPSA) is 80.3 Å². The molecule has 132 valence electrons. The smallest absolute Gasteiger partial charge is 0.269 e. The van der Waals surface area contributed by atoms with Crippen molar-refractivity contribution in [3.8, 4) is 5.75 Å². The van der Waals surface area contributed by atoms with E-state index in [1.165, 1.54) is 0 Å². The Morgan fingerprint density at radius 2 is 1.72 bits per heavy atom. The van der Waals surface area contributed by atoms with Gasteiger partial charge in [-0.3, -0.25) is 14.6 Å². The van der Waals surface area contributed by atoms with Crippen LogP contribution in [0.4, 0.5) is 0 Å². The highest BCUT2D eigenvalue weighted by Gasteiger charge is 2.09. The molecule has 1 aromatic carbocycles. The van der Waals surface area contributed by atoms with Gasteiger partial charge >= 0.3 is 0 Å². The van der Waals surface area contributed by atoms with Gasteiger partial charge in [-0.1, -0.05) is 18.2 Å². The summed E-state index contributed by atoms with van der Waals surface area (Å²) >= 11 is 0. The Labute approximate surface area is 147 Å². The Morgan fingerprint density at radius 3 is 2.44 bits per heavy atom. The van der Waals surface area contributed by atoms with Crippen LogP contribution in [0, 0.1) is 20.8 Å². The lowest BCUT2D eigenvalue weighted by Crippen LogP contribution is -2.37. The number of carbonyl (C=O) groups is 2. The third-order valence-electron chi connectivity index (χ3n) is 3.85. The number of carbonyl (C=O) groups excluding carboxylic acids is 2. The van der Waals surface area contributed by atoms with Crippen molar-refractivity contribution in [3.63, 3.8) is 0 Å². The summed E-state index contributed by atoms with van der Waals surface area (Å²) in [5.74, 6) is 0.253. The third kappa shape index (κ3) is 5.31. The lowest BCUT2D eigenvalue weighted by atomic mass is 10.1. The van der Waals surface area contributed by atoms with E-state index in [2.05, 4.69) is 15.6 Å². The highest BCUT2D eigenvalue weighted by molar-refractivity contribution is 5.92. The average Bonchev–Trinajstić information content (AvgIpc) is 2.62. The minimum atomic E-state index is -0.267. The molecule has 0 radical (unpaired) electrons. The molecule has 6 heteroatoms. The number of ether oxygens (including phenoxy) is 1. The van der Waals surface area contributed by atoms with Crippen molar-refractivity contribution >= 4 is 11.8 Å². The summed E-state index contributed by atoms with van der Waals surface area (Å²) in [6.45, 7) is 6.52. The SMILES string of the molecule is Cc1ccc(C)c(OCC(=O)NCCNC(=O)c2ccccn2)c1C. The molecular formula is C19H23N3O3. The molecule has 0 saturated carbocycles. The molecule has 1 heterocycles. The van der Waals surface area contributed by atoms with Crippen LogP contribution in [0.25, 0.3) is 0 Å². The number of aromatic nitrogens is 1. The molecule has 0 spiro atoms. The number of amides is 2. The number of nitrogens with one attached hydrogen (secondary N) is 2. The minimum absolute atomic E-state index is 0.0562. The summed E-state index contributed by atoms with van der Waals surface area (Å²) in [4.78, 5) is 27.6. The van der Waals surface area contributed by atoms with Crippen molar-refractivity contribution in [3.05, 3.63) is 58.9 Å². The Bertz CT molecular complexity index is 745. The van der Waals surface area contributed by atoms with Crippen LogP contribution in [0.3, 0.4) is 0 Å². The predicted molar refractivity (Wildman–Crippen MR) is 95.7 cm³/mol. The van der Waals surface area contributed by atoms with E-state index >= 15 is 0 Å². The Hall–Kier alpha value is -2.89. The molecule has 1 aromatic heterocycles. The van der Waals surface area contributed by atoms with Crippen molar-refractivity contribution in [1.29, 1.82) is 0 Å². The summed E-state index contributed by atoms with van der Waals surface area (Å²) in [5.41, 5.74) is 3.51. The second-order valence-electron chi connectivity index (χ2n) is 5.76. The van der Waals surface area contributed by atoms with Gasteiger partial charge in [0, 0.05) is 19.3 Å². The van der Waals surface area contributed by atoms with Crippen molar-refractivity contribution in [2.24, 2.45) is 0 Å². The zero-order chi connectivity index (χ0) is 18.2. The van der Waals surface area contributed by atoms with Gasteiger partial charge in [-0.25, -0.2) is 0 Å². The van der Waals surface area contributed by atoms with Gasteiger partial charge in [0.1, 0.15) is 11.4 Å². The van der Waals surface area contributed by atoms with Crippen molar-refractivity contribution < 1.29 is 14.3 Å². The minimum Gasteiger partial charge on any atom is -0.483 e. The molecule has 0 bridgehead atoms. The van der Waals surface area contributed by atoms with E-state index < -0.39 is 0 Å². The maximum absolute atomic E-state index is 11.9. The number of hydrogen-bond acceptors (Lipinski definition) is 4. The van der Waals surface area contributed by atoms with Gasteiger partial charge in [0.15, 0.2) is 6.61 Å². The van der Waals surface area contributed by atoms with Crippen LogP contribution >= 0.6 is 0 Å². The molecule has 2 rings (SSSR count). The van der Waals surface area contributed by atoms with E-state index in [-0.39, 0.29) is 18.4 Å². The molecule has 0 atom stereocenters. The van der Waals surface area contributed by atoms with Crippen LogP contribution in [0.15, 0.2) is 36.5 Å². The standard InChI is InChI=1S/C19H23N3O3/c1-13-7-8-14(2)18(15(13)3)25-12-17(23)21-10-11-22-19(24)16-6-4-5-9-20-16/h4-9H,10-12H2,1-3H3,(H,21,23)(H,22,24). The Balaban J connectivity index is 1.71. The van der Waals surface area contributed by atoms with Crippen molar-refractivity contribution in [2.75, 3.05) is 19.7 Å². The highest BCUT2D eigenvalue weighted by Crippen LogP contribution is 2.25. The van der Waals surface area contributed by atoms with Gasteiger partial charge in [0.05, 0.1) is 0 Å². The van der Waals surface area contributed by atoms with Crippen LogP contribution in [-0.2, 0) is 4.79 Å². The molecule has 0 aliphatic heterocycles. The number of hydrogen-bond donors (Lipinski definition) is 2. The third-order valence-corrected chi connectivity index (χ3v) is 3.85. The second kappa shape index (κ2) is 8.82. The number of rotatable bonds is 7. The zero-order valence-electron chi connectivity index (χ0n) is 14.8. The molecule has 0 fully saturated rings. The van der Waals surface area contributed by atoms with E-state index in [0.29, 0.717) is 18.8 Å². The number of nitrogens with zero attached hydrogens (tertiary/aromatic N) is 1. The summed E-state index contributed by atoms with van der Waals surface area (Å²) < 4.78 is 5.65. The van der Waals surface area contributed by atoms with Crippen molar-refractivity contribution in [1.82, 2.24) is 15.6 Å². The summed E-state index contributed by atoms with van der Waals surface area (Å²) in [7, 11) is 0. The monoisotopic (exact) mass is 341 g/mol. The van der Waals surface area contributed by atoms with Gasteiger partial charge < -0.3 is 15.4 Å². The largest absolute Gasteiger partial charge is 0.483 e. The van der Waals surface area contributed by atoms with Gasteiger partial charge in [0.2, 0.25) is 0 Å². The molecule has 0 saturated heterocycles. The maximum Gasteiger partial charge on any atom is 0.269 e. The molecule has 2 N–H and O–H groups in total. The molecule has 0 aliphatic rings. The Morgan fingerprint density at radius 1 is 1.00 bits per heavy atom. The van der Waals surface area contributed by atoms with Gasteiger partial charge in [0.25, 0.3) is 11.8 Å². The van der Waals surface area contributed by atoms with E-state index in [9.17, 15) is 9.59 Å². The first kappa shape index (κ1) is 18.4. The van der Waals surface area contributed by atoms with Crippen LogP contribution in [0.2, 0.25) is 0 Å². The Kier molecular flexibility index (Phi) is 6.51. The molecule has 2 aromatic rings. The molecule has 6 nitrogen and oxygen atoms in total. The average molecular weight is 341 g/mol. The van der Waals surface area contributed by atoms with Gasteiger partial charge in [-0.05, 0) is 49.6 Å². The number of benzene rings is 1. The molecule has 0 unspecified atom stereocenters. The number of pyridine rings is 1. The summed E-state index contributed by atoms with van der Waals surface area (Å²) in [6.07, 6.45) is 1.56. The fourth-order valence-corrected chi connectivity index (χ4v) is 2.30. The van der Waals surface area contributed by atoms with Crippen LogP contribution in [0.5, 0.6) is 5.75 Å². The second-order valence-corrected chi connectivity index (χ2v) is 5.76. The zero-order valence-corrected chi connectivity index (χ0v) is 14.8. The normalized spacial score (nSPS) is 10.2. The fourth-order valence-electron chi connectivity index (χ4n) is 2.30.